The topological polar surface area (TPSA) is 74.8 Å². The lowest BCUT2D eigenvalue weighted by molar-refractivity contribution is -0.122. The van der Waals surface area contributed by atoms with Gasteiger partial charge in [0.1, 0.15) is 0 Å². The first-order chi connectivity index (χ1) is 10.8. The van der Waals surface area contributed by atoms with Gasteiger partial charge >= 0.3 is 0 Å². The molecule has 1 rings (SSSR count). The van der Waals surface area contributed by atoms with E-state index in [1.54, 1.807) is 7.11 Å². The van der Waals surface area contributed by atoms with Gasteiger partial charge in [-0.25, -0.2) is 0 Å². The molecule has 0 aromatic rings. The van der Waals surface area contributed by atoms with Crippen LogP contribution in [0, 0.1) is 5.92 Å². The first-order valence-electron chi connectivity index (χ1n) is 8.54. The van der Waals surface area contributed by atoms with E-state index < -0.39 is 0 Å². The molecular weight excluding hydrogens is 280 g/mol. The Morgan fingerprint density at radius 1 is 1.14 bits per heavy atom. The summed E-state index contributed by atoms with van der Waals surface area (Å²) in [5.74, 6) is 1.53. The van der Waals surface area contributed by atoms with E-state index in [-0.39, 0.29) is 5.91 Å². The van der Waals surface area contributed by atoms with Gasteiger partial charge in [0.15, 0.2) is 5.96 Å². The van der Waals surface area contributed by atoms with Crippen LogP contribution >= 0.6 is 0 Å². The minimum Gasteiger partial charge on any atom is -0.383 e. The van der Waals surface area contributed by atoms with E-state index in [1.165, 1.54) is 32.1 Å². The van der Waals surface area contributed by atoms with Crippen LogP contribution in [0.2, 0.25) is 0 Å². The molecule has 0 unspecified atom stereocenters. The maximum absolute atomic E-state index is 11.9. The maximum atomic E-state index is 11.9. The van der Waals surface area contributed by atoms with Crippen LogP contribution in [0.3, 0.4) is 0 Å². The predicted octanol–water partition coefficient (Wildman–Crippen LogP) is 1.27. The lowest BCUT2D eigenvalue weighted by atomic mass is 9.87. The van der Waals surface area contributed by atoms with Crippen LogP contribution in [0.4, 0.5) is 0 Å². The van der Waals surface area contributed by atoms with E-state index >= 15 is 0 Å². The van der Waals surface area contributed by atoms with E-state index in [4.69, 9.17) is 4.74 Å². The average Bonchev–Trinajstić information content (AvgIpc) is 2.52. The van der Waals surface area contributed by atoms with Crippen LogP contribution in [0.25, 0.3) is 0 Å². The highest BCUT2D eigenvalue weighted by molar-refractivity contribution is 5.80. The molecule has 22 heavy (non-hydrogen) atoms. The zero-order valence-electron chi connectivity index (χ0n) is 14.1. The van der Waals surface area contributed by atoms with Crippen molar-refractivity contribution in [2.45, 2.75) is 45.4 Å². The van der Waals surface area contributed by atoms with Crippen LogP contribution in [0.5, 0.6) is 0 Å². The Balaban J connectivity index is 2.13. The summed E-state index contributed by atoms with van der Waals surface area (Å²) in [7, 11) is 1.66. The summed E-state index contributed by atoms with van der Waals surface area (Å²) in [4.78, 5) is 16.3. The number of nitrogens with zero attached hydrogens (tertiary/aromatic N) is 1. The lowest BCUT2D eigenvalue weighted by Crippen LogP contribution is -2.42. The van der Waals surface area contributed by atoms with Crippen molar-refractivity contribution in [3.8, 4) is 0 Å². The van der Waals surface area contributed by atoms with Crippen LogP contribution < -0.4 is 16.0 Å². The molecule has 1 aliphatic carbocycles. The minimum absolute atomic E-state index is 0.176. The van der Waals surface area contributed by atoms with Crippen molar-refractivity contribution in [3.63, 3.8) is 0 Å². The Hall–Kier alpha value is -1.30. The van der Waals surface area contributed by atoms with Crippen molar-refractivity contribution in [2.24, 2.45) is 10.9 Å². The molecule has 6 heteroatoms. The molecule has 1 fully saturated rings. The average molecular weight is 312 g/mol. The Morgan fingerprint density at radius 3 is 2.55 bits per heavy atom. The van der Waals surface area contributed by atoms with Gasteiger partial charge in [0.25, 0.3) is 0 Å². The third-order valence-corrected chi connectivity index (χ3v) is 3.85. The van der Waals surface area contributed by atoms with Gasteiger partial charge in [-0.15, -0.1) is 0 Å². The highest BCUT2D eigenvalue weighted by Gasteiger charge is 2.16. The largest absolute Gasteiger partial charge is 0.383 e. The maximum Gasteiger partial charge on any atom is 0.220 e. The van der Waals surface area contributed by atoms with E-state index in [9.17, 15) is 4.79 Å². The predicted molar refractivity (Wildman–Crippen MR) is 90.1 cm³/mol. The molecule has 3 N–H and O–H groups in total. The SMILES string of the molecule is CCNC(=NCCOC)NCCNC(=O)CC1CCCCC1. The second-order valence-corrected chi connectivity index (χ2v) is 5.74. The quantitative estimate of drug-likeness (QED) is 0.340. The number of amides is 1. The summed E-state index contributed by atoms with van der Waals surface area (Å²) in [5, 5.41) is 9.36. The first-order valence-corrected chi connectivity index (χ1v) is 8.54. The molecule has 0 aliphatic heterocycles. The van der Waals surface area contributed by atoms with Gasteiger partial charge in [-0.2, -0.15) is 0 Å². The van der Waals surface area contributed by atoms with Gasteiger partial charge in [-0.05, 0) is 25.7 Å². The van der Waals surface area contributed by atoms with Gasteiger partial charge < -0.3 is 20.7 Å². The molecule has 0 aromatic heterocycles. The molecule has 0 saturated heterocycles. The van der Waals surface area contributed by atoms with Crippen molar-refractivity contribution in [3.05, 3.63) is 0 Å². The van der Waals surface area contributed by atoms with Crippen molar-refractivity contribution in [1.82, 2.24) is 16.0 Å². The highest BCUT2D eigenvalue weighted by Crippen LogP contribution is 2.25. The Morgan fingerprint density at radius 2 is 1.86 bits per heavy atom. The number of hydrogen-bond acceptors (Lipinski definition) is 3. The van der Waals surface area contributed by atoms with Gasteiger partial charge in [0.2, 0.25) is 5.91 Å². The molecule has 1 amide bonds. The number of carbonyl (C=O) groups excluding carboxylic acids is 1. The molecule has 0 radical (unpaired) electrons. The van der Waals surface area contributed by atoms with Crippen LogP contribution in [-0.2, 0) is 9.53 Å². The summed E-state index contributed by atoms with van der Waals surface area (Å²) in [6, 6.07) is 0. The van der Waals surface area contributed by atoms with E-state index in [0.29, 0.717) is 38.6 Å². The molecule has 0 spiro atoms. The normalized spacial score (nSPS) is 16.4. The molecule has 0 bridgehead atoms. The summed E-state index contributed by atoms with van der Waals surface area (Å²) >= 11 is 0. The smallest absolute Gasteiger partial charge is 0.220 e. The number of hydrogen-bond donors (Lipinski definition) is 3. The number of aliphatic imine (C=N–C) groups is 1. The fourth-order valence-corrected chi connectivity index (χ4v) is 2.70. The summed E-state index contributed by atoms with van der Waals surface area (Å²) in [6.07, 6.45) is 7.00. The molecule has 6 nitrogen and oxygen atoms in total. The van der Waals surface area contributed by atoms with Gasteiger partial charge in [-0.1, -0.05) is 19.3 Å². The molecule has 128 valence electrons. The number of ether oxygens (including phenoxy) is 1. The molecule has 0 aromatic carbocycles. The minimum atomic E-state index is 0.176. The van der Waals surface area contributed by atoms with E-state index in [2.05, 4.69) is 20.9 Å². The molecule has 0 atom stereocenters. The summed E-state index contributed by atoms with van der Waals surface area (Å²) in [5.41, 5.74) is 0. The number of methoxy groups -OCH3 is 1. The first kappa shape index (κ1) is 18.7. The second kappa shape index (κ2) is 12.3. The summed E-state index contributed by atoms with van der Waals surface area (Å²) in [6.45, 7) is 5.37. The third-order valence-electron chi connectivity index (χ3n) is 3.85. The Kier molecular flexibility index (Phi) is 10.5. The zero-order chi connectivity index (χ0) is 16.0. The van der Waals surface area contributed by atoms with Crippen molar-refractivity contribution >= 4 is 11.9 Å². The van der Waals surface area contributed by atoms with Gasteiger partial charge in [0.05, 0.1) is 13.2 Å². The van der Waals surface area contributed by atoms with Crippen LogP contribution in [-0.4, -0.2) is 51.8 Å². The number of rotatable bonds is 9. The lowest BCUT2D eigenvalue weighted by Gasteiger charge is -2.20. The van der Waals surface area contributed by atoms with Gasteiger partial charge in [-0.3, -0.25) is 9.79 Å². The van der Waals surface area contributed by atoms with E-state index in [0.717, 1.165) is 12.5 Å². The van der Waals surface area contributed by atoms with Crippen LogP contribution in [0.15, 0.2) is 4.99 Å². The monoisotopic (exact) mass is 312 g/mol. The van der Waals surface area contributed by atoms with E-state index in [1.807, 2.05) is 6.92 Å². The summed E-state index contributed by atoms with van der Waals surface area (Å²) < 4.78 is 4.98. The Bertz CT molecular complexity index is 328. The van der Waals surface area contributed by atoms with Crippen molar-refractivity contribution in [1.29, 1.82) is 0 Å². The van der Waals surface area contributed by atoms with Gasteiger partial charge in [0, 0.05) is 33.2 Å². The van der Waals surface area contributed by atoms with Crippen molar-refractivity contribution in [2.75, 3.05) is 39.9 Å². The van der Waals surface area contributed by atoms with Crippen LogP contribution in [0.1, 0.15) is 45.4 Å². The van der Waals surface area contributed by atoms with Crippen molar-refractivity contribution < 1.29 is 9.53 Å². The highest BCUT2D eigenvalue weighted by atomic mass is 16.5. The fourth-order valence-electron chi connectivity index (χ4n) is 2.70. The second-order valence-electron chi connectivity index (χ2n) is 5.74. The molecule has 1 aliphatic rings. The standard InChI is InChI=1S/C16H32N4O2/c1-3-17-16(20-11-12-22-2)19-10-9-18-15(21)13-14-7-5-4-6-8-14/h14H,3-13H2,1-2H3,(H,18,21)(H2,17,19,20). The molecule has 0 heterocycles. The number of carbonyl (C=O) groups is 1. The molecular formula is C16H32N4O2. The Labute approximate surface area is 134 Å². The number of guanidine groups is 1. The fraction of sp³-hybridized carbons (Fsp3) is 0.875. The molecule has 1 saturated carbocycles. The third kappa shape index (κ3) is 8.87. The number of nitrogens with one attached hydrogen (secondary N) is 3. The zero-order valence-corrected chi connectivity index (χ0v) is 14.1.